The van der Waals surface area contributed by atoms with Gasteiger partial charge < -0.3 is 10.6 Å². The van der Waals surface area contributed by atoms with Gasteiger partial charge in [-0.05, 0) is 37.2 Å². The summed E-state index contributed by atoms with van der Waals surface area (Å²) >= 11 is 0. The first-order chi connectivity index (χ1) is 9.78. The Balaban J connectivity index is 1.78. The number of hydrogen-bond acceptors (Lipinski definition) is 4. The second kappa shape index (κ2) is 7.63. The van der Waals surface area contributed by atoms with Crippen molar-refractivity contribution >= 4 is 5.91 Å². The molecule has 1 saturated heterocycles. The number of carbonyl (C=O) groups is 1. The first kappa shape index (κ1) is 14.5. The summed E-state index contributed by atoms with van der Waals surface area (Å²) in [5, 5.41) is 15.1. The van der Waals surface area contributed by atoms with Crippen molar-refractivity contribution in [3.63, 3.8) is 0 Å². The van der Waals surface area contributed by atoms with Gasteiger partial charge in [0.2, 0.25) is 5.91 Å². The van der Waals surface area contributed by atoms with E-state index in [4.69, 9.17) is 5.26 Å². The van der Waals surface area contributed by atoms with Gasteiger partial charge in [0.15, 0.2) is 0 Å². The molecule has 1 amide bonds. The van der Waals surface area contributed by atoms with Gasteiger partial charge in [0, 0.05) is 19.6 Å². The van der Waals surface area contributed by atoms with E-state index in [0.29, 0.717) is 18.7 Å². The van der Waals surface area contributed by atoms with Crippen molar-refractivity contribution in [3.05, 3.63) is 35.4 Å². The van der Waals surface area contributed by atoms with Crippen LogP contribution in [0.5, 0.6) is 0 Å². The predicted octanol–water partition coefficient (Wildman–Crippen LogP) is 0.470. The minimum absolute atomic E-state index is 0.0364. The van der Waals surface area contributed by atoms with Crippen molar-refractivity contribution in [2.24, 2.45) is 0 Å². The third-order valence-electron chi connectivity index (χ3n) is 3.35. The second-order valence-corrected chi connectivity index (χ2v) is 4.97. The maximum Gasteiger partial charge on any atom is 0.234 e. The number of nitrogens with zero attached hydrogens (tertiary/aromatic N) is 2. The average Bonchev–Trinajstić information content (AvgIpc) is 2.74. The molecule has 2 N–H and O–H groups in total. The molecule has 2 rings (SSSR count). The fraction of sp³-hybridized carbons (Fsp3) is 0.467. The van der Waals surface area contributed by atoms with Crippen LogP contribution in [0.15, 0.2) is 24.3 Å². The standard InChI is InChI=1S/C15H20N4O/c16-10-13-3-1-4-14(9-13)11-18-15(20)12-19-7-2-5-17-6-8-19/h1,3-4,9,17H,2,5-8,11-12H2,(H,18,20). The number of rotatable bonds is 4. The molecule has 1 aliphatic rings. The molecular formula is C15H20N4O. The van der Waals surface area contributed by atoms with Crippen LogP contribution in [-0.4, -0.2) is 43.5 Å². The second-order valence-electron chi connectivity index (χ2n) is 4.97. The van der Waals surface area contributed by atoms with Crippen molar-refractivity contribution in [1.82, 2.24) is 15.5 Å². The molecule has 1 aliphatic heterocycles. The largest absolute Gasteiger partial charge is 0.351 e. The van der Waals surface area contributed by atoms with E-state index in [2.05, 4.69) is 21.6 Å². The van der Waals surface area contributed by atoms with Crippen LogP contribution >= 0.6 is 0 Å². The highest BCUT2D eigenvalue weighted by atomic mass is 16.2. The Morgan fingerprint density at radius 1 is 1.40 bits per heavy atom. The quantitative estimate of drug-likeness (QED) is 0.836. The third kappa shape index (κ3) is 4.65. The van der Waals surface area contributed by atoms with E-state index in [1.54, 1.807) is 12.1 Å². The predicted molar refractivity (Wildman–Crippen MR) is 76.9 cm³/mol. The molecule has 0 aliphatic carbocycles. The van der Waals surface area contributed by atoms with Gasteiger partial charge >= 0.3 is 0 Å². The molecule has 1 aromatic carbocycles. The molecule has 0 saturated carbocycles. The Bertz CT molecular complexity index is 487. The minimum atomic E-state index is 0.0364. The first-order valence-corrected chi connectivity index (χ1v) is 6.97. The van der Waals surface area contributed by atoms with Gasteiger partial charge in [-0.3, -0.25) is 9.69 Å². The lowest BCUT2D eigenvalue weighted by Gasteiger charge is -2.18. The van der Waals surface area contributed by atoms with E-state index in [9.17, 15) is 4.79 Å². The molecule has 1 heterocycles. The van der Waals surface area contributed by atoms with Crippen LogP contribution < -0.4 is 10.6 Å². The van der Waals surface area contributed by atoms with Gasteiger partial charge in [-0.1, -0.05) is 12.1 Å². The molecule has 5 heteroatoms. The summed E-state index contributed by atoms with van der Waals surface area (Å²) in [5.41, 5.74) is 1.57. The van der Waals surface area contributed by atoms with Crippen molar-refractivity contribution in [2.45, 2.75) is 13.0 Å². The topological polar surface area (TPSA) is 68.2 Å². The SMILES string of the molecule is N#Cc1cccc(CNC(=O)CN2CCCNCC2)c1. The summed E-state index contributed by atoms with van der Waals surface area (Å²) in [4.78, 5) is 14.1. The Morgan fingerprint density at radius 2 is 2.30 bits per heavy atom. The van der Waals surface area contributed by atoms with E-state index >= 15 is 0 Å². The number of carbonyl (C=O) groups excluding carboxylic acids is 1. The van der Waals surface area contributed by atoms with Gasteiger partial charge in [-0.2, -0.15) is 5.26 Å². The molecular weight excluding hydrogens is 252 g/mol. The van der Waals surface area contributed by atoms with Crippen LogP contribution in [0.4, 0.5) is 0 Å². The fourth-order valence-electron chi connectivity index (χ4n) is 2.27. The lowest BCUT2D eigenvalue weighted by atomic mass is 10.1. The Kier molecular flexibility index (Phi) is 5.54. The minimum Gasteiger partial charge on any atom is -0.351 e. The maximum atomic E-state index is 11.9. The molecule has 1 aromatic rings. The highest BCUT2D eigenvalue weighted by Crippen LogP contribution is 2.03. The van der Waals surface area contributed by atoms with E-state index in [1.807, 2.05) is 12.1 Å². The van der Waals surface area contributed by atoms with E-state index in [0.717, 1.165) is 38.2 Å². The van der Waals surface area contributed by atoms with Crippen molar-refractivity contribution < 1.29 is 4.79 Å². The van der Waals surface area contributed by atoms with Crippen molar-refractivity contribution in [2.75, 3.05) is 32.7 Å². The van der Waals surface area contributed by atoms with Crippen LogP contribution in [0.3, 0.4) is 0 Å². The Morgan fingerprint density at radius 3 is 3.15 bits per heavy atom. The van der Waals surface area contributed by atoms with Gasteiger partial charge in [-0.25, -0.2) is 0 Å². The molecule has 0 atom stereocenters. The monoisotopic (exact) mass is 272 g/mol. The normalized spacial score (nSPS) is 16.1. The van der Waals surface area contributed by atoms with Gasteiger partial charge in [0.1, 0.15) is 0 Å². The Hall–Kier alpha value is -1.90. The van der Waals surface area contributed by atoms with Crippen LogP contribution in [0.2, 0.25) is 0 Å². The molecule has 0 spiro atoms. The number of nitrogens with one attached hydrogen (secondary N) is 2. The molecule has 106 valence electrons. The smallest absolute Gasteiger partial charge is 0.234 e. The van der Waals surface area contributed by atoms with Crippen LogP contribution in [-0.2, 0) is 11.3 Å². The lowest BCUT2D eigenvalue weighted by Crippen LogP contribution is -2.38. The van der Waals surface area contributed by atoms with Gasteiger partial charge in [0.05, 0.1) is 18.2 Å². The molecule has 0 unspecified atom stereocenters. The summed E-state index contributed by atoms with van der Waals surface area (Å²) in [6.07, 6.45) is 1.08. The molecule has 20 heavy (non-hydrogen) atoms. The number of amides is 1. The average molecular weight is 272 g/mol. The van der Waals surface area contributed by atoms with Crippen LogP contribution in [0, 0.1) is 11.3 Å². The lowest BCUT2D eigenvalue weighted by molar-refractivity contribution is -0.122. The summed E-state index contributed by atoms with van der Waals surface area (Å²) in [6, 6.07) is 9.41. The summed E-state index contributed by atoms with van der Waals surface area (Å²) in [5.74, 6) is 0.0364. The highest BCUT2D eigenvalue weighted by molar-refractivity contribution is 5.78. The number of nitriles is 1. The van der Waals surface area contributed by atoms with Gasteiger partial charge in [-0.15, -0.1) is 0 Å². The first-order valence-electron chi connectivity index (χ1n) is 6.97. The van der Waals surface area contributed by atoms with Crippen molar-refractivity contribution in [3.8, 4) is 6.07 Å². The number of hydrogen-bond donors (Lipinski definition) is 2. The maximum absolute atomic E-state index is 11.9. The summed E-state index contributed by atoms with van der Waals surface area (Å²) in [6.45, 7) is 4.76. The van der Waals surface area contributed by atoms with Crippen molar-refractivity contribution in [1.29, 1.82) is 5.26 Å². The third-order valence-corrected chi connectivity index (χ3v) is 3.35. The van der Waals surface area contributed by atoms with E-state index in [-0.39, 0.29) is 5.91 Å². The van der Waals surface area contributed by atoms with Crippen LogP contribution in [0.25, 0.3) is 0 Å². The fourth-order valence-corrected chi connectivity index (χ4v) is 2.27. The summed E-state index contributed by atoms with van der Waals surface area (Å²) in [7, 11) is 0. The Labute approximate surface area is 119 Å². The molecule has 0 aromatic heterocycles. The molecule has 0 radical (unpaired) electrons. The zero-order valence-corrected chi connectivity index (χ0v) is 11.6. The number of benzene rings is 1. The van der Waals surface area contributed by atoms with Crippen LogP contribution in [0.1, 0.15) is 17.5 Å². The highest BCUT2D eigenvalue weighted by Gasteiger charge is 2.12. The molecule has 1 fully saturated rings. The zero-order chi connectivity index (χ0) is 14.2. The summed E-state index contributed by atoms with van der Waals surface area (Å²) < 4.78 is 0. The van der Waals surface area contributed by atoms with Gasteiger partial charge in [0.25, 0.3) is 0 Å². The van der Waals surface area contributed by atoms with E-state index < -0.39 is 0 Å². The van der Waals surface area contributed by atoms with E-state index in [1.165, 1.54) is 0 Å². The molecule has 5 nitrogen and oxygen atoms in total. The zero-order valence-electron chi connectivity index (χ0n) is 11.6. The molecule has 0 bridgehead atoms.